The summed E-state index contributed by atoms with van der Waals surface area (Å²) in [5.41, 5.74) is 0.373. The molecule has 1 N–H and O–H groups in total. The molecule has 1 amide bonds. The molecule has 1 aromatic carbocycles. The first-order chi connectivity index (χ1) is 11.9. The third-order valence-electron chi connectivity index (χ3n) is 3.79. The van der Waals surface area contributed by atoms with E-state index in [1.165, 1.54) is 39.9 Å². The molecule has 0 spiro atoms. The third kappa shape index (κ3) is 4.06. The molecule has 3 rings (SSSR count). The molecule has 9 heteroatoms. The maximum atomic E-state index is 12.8. The number of rotatable bonds is 4. The summed E-state index contributed by atoms with van der Waals surface area (Å²) in [5.74, 6) is -0.326. The molecule has 25 heavy (non-hydrogen) atoms. The summed E-state index contributed by atoms with van der Waals surface area (Å²) in [4.78, 5) is 16.3. The fourth-order valence-electron chi connectivity index (χ4n) is 2.71. The van der Waals surface area contributed by atoms with Crippen LogP contribution in [0, 0.1) is 0 Å². The van der Waals surface area contributed by atoms with Crippen LogP contribution in [0.2, 0.25) is 0 Å². The molecule has 0 saturated carbocycles. The van der Waals surface area contributed by atoms with E-state index in [9.17, 15) is 13.2 Å². The van der Waals surface area contributed by atoms with Crippen molar-refractivity contribution in [2.24, 2.45) is 0 Å². The molecular formula is C16H19N3O4S2. The first kappa shape index (κ1) is 18.0. The molecule has 0 bridgehead atoms. The molecule has 1 saturated heterocycles. The number of amides is 1. The number of thiazole rings is 1. The predicted molar refractivity (Wildman–Crippen MR) is 95.3 cm³/mol. The van der Waals surface area contributed by atoms with Crippen molar-refractivity contribution < 1.29 is 17.9 Å². The zero-order valence-corrected chi connectivity index (χ0v) is 15.5. The maximum absolute atomic E-state index is 12.8. The third-order valence-corrected chi connectivity index (χ3v) is 6.33. The van der Waals surface area contributed by atoms with Crippen LogP contribution in [0.5, 0.6) is 0 Å². The molecule has 1 aliphatic heterocycles. The highest BCUT2D eigenvalue weighted by atomic mass is 32.2. The number of morpholine rings is 1. The number of nitrogens with zero attached hydrogens (tertiary/aromatic N) is 2. The Labute approximate surface area is 150 Å². The highest BCUT2D eigenvalue weighted by molar-refractivity contribution is 7.89. The van der Waals surface area contributed by atoms with E-state index in [1.807, 2.05) is 13.8 Å². The summed E-state index contributed by atoms with van der Waals surface area (Å²) in [6.45, 7) is 4.34. The Morgan fingerprint density at radius 3 is 2.44 bits per heavy atom. The minimum Gasteiger partial charge on any atom is -0.373 e. The average molecular weight is 381 g/mol. The van der Waals surface area contributed by atoms with Gasteiger partial charge in [0.25, 0.3) is 5.91 Å². The lowest BCUT2D eigenvalue weighted by Gasteiger charge is -2.34. The van der Waals surface area contributed by atoms with Crippen molar-refractivity contribution in [3.8, 4) is 0 Å². The van der Waals surface area contributed by atoms with Crippen LogP contribution in [0.1, 0.15) is 24.2 Å². The smallest absolute Gasteiger partial charge is 0.257 e. The van der Waals surface area contributed by atoms with Gasteiger partial charge in [-0.1, -0.05) is 0 Å². The molecule has 7 nitrogen and oxygen atoms in total. The number of aromatic nitrogens is 1. The number of hydrogen-bond donors (Lipinski definition) is 1. The zero-order valence-electron chi connectivity index (χ0n) is 13.9. The van der Waals surface area contributed by atoms with Crippen molar-refractivity contribution >= 4 is 32.4 Å². The molecule has 0 aliphatic carbocycles. The first-order valence-electron chi connectivity index (χ1n) is 7.83. The number of benzene rings is 1. The van der Waals surface area contributed by atoms with Gasteiger partial charge >= 0.3 is 0 Å². The Hall–Kier alpha value is -1.81. The van der Waals surface area contributed by atoms with E-state index in [2.05, 4.69) is 10.3 Å². The number of sulfonamides is 1. The summed E-state index contributed by atoms with van der Waals surface area (Å²) >= 11 is 1.32. The monoisotopic (exact) mass is 381 g/mol. The van der Waals surface area contributed by atoms with Gasteiger partial charge in [0.1, 0.15) is 0 Å². The van der Waals surface area contributed by atoms with E-state index < -0.39 is 10.0 Å². The van der Waals surface area contributed by atoms with Gasteiger partial charge in [0, 0.05) is 30.2 Å². The summed E-state index contributed by atoms with van der Waals surface area (Å²) in [7, 11) is -3.61. The molecule has 2 heterocycles. The van der Waals surface area contributed by atoms with Crippen molar-refractivity contribution in [3.63, 3.8) is 0 Å². The van der Waals surface area contributed by atoms with Crippen LogP contribution in [0.25, 0.3) is 0 Å². The Kier molecular flexibility index (Phi) is 5.19. The largest absolute Gasteiger partial charge is 0.373 e. The van der Waals surface area contributed by atoms with E-state index in [0.717, 1.165) is 0 Å². The van der Waals surface area contributed by atoms with Gasteiger partial charge in [0.05, 0.1) is 17.1 Å². The minimum atomic E-state index is -3.61. The Bertz CT molecular complexity index is 825. The van der Waals surface area contributed by atoms with E-state index in [0.29, 0.717) is 23.8 Å². The lowest BCUT2D eigenvalue weighted by atomic mass is 10.2. The van der Waals surface area contributed by atoms with E-state index in [4.69, 9.17) is 4.74 Å². The van der Waals surface area contributed by atoms with Gasteiger partial charge < -0.3 is 4.74 Å². The fourth-order valence-corrected chi connectivity index (χ4v) is 4.82. The highest BCUT2D eigenvalue weighted by Gasteiger charge is 2.32. The van der Waals surface area contributed by atoms with Gasteiger partial charge in [-0.2, -0.15) is 4.31 Å². The van der Waals surface area contributed by atoms with Crippen LogP contribution in [-0.2, 0) is 14.8 Å². The van der Waals surface area contributed by atoms with Crippen LogP contribution in [-0.4, -0.2) is 48.9 Å². The maximum Gasteiger partial charge on any atom is 0.257 e. The zero-order chi connectivity index (χ0) is 18.0. The Morgan fingerprint density at radius 1 is 1.24 bits per heavy atom. The van der Waals surface area contributed by atoms with Gasteiger partial charge in [0.2, 0.25) is 10.0 Å². The fraction of sp³-hybridized carbons (Fsp3) is 0.375. The van der Waals surface area contributed by atoms with Crippen LogP contribution < -0.4 is 5.32 Å². The van der Waals surface area contributed by atoms with Crippen molar-refractivity contribution in [1.29, 1.82) is 0 Å². The second-order valence-electron chi connectivity index (χ2n) is 5.90. The quantitative estimate of drug-likeness (QED) is 0.877. The van der Waals surface area contributed by atoms with E-state index >= 15 is 0 Å². The lowest BCUT2D eigenvalue weighted by molar-refractivity contribution is -0.0440. The van der Waals surface area contributed by atoms with E-state index in [1.54, 1.807) is 11.6 Å². The summed E-state index contributed by atoms with van der Waals surface area (Å²) in [5, 5.41) is 4.92. The normalized spacial score (nSPS) is 21.8. The summed E-state index contributed by atoms with van der Waals surface area (Å²) in [6.07, 6.45) is 1.30. The number of nitrogens with one attached hydrogen (secondary N) is 1. The van der Waals surface area contributed by atoms with Crippen molar-refractivity contribution in [1.82, 2.24) is 9.29 Å². The van der Waals surface area contributed by atoms with Gasteiger partial charge in [-0.15, -0.1) is 11.3 Å². The van der Waals surface area contributed by atoms with Crippen LogP contribution in [0.4, 0.5) is 5.13 Å². The molecule has 0 unspecified atom stereocenters. The van der Waals surface area contributed by atoms with Crippen molar-refractivity contribution in [2.45, 2.75) is 31.0 Å². The SMILES string of the molecule is C[C@H]1CN(S(=O)(=O)c2ccc(C(=O)Nc3nccs3)cc2)C[C@H](C)O1. The summed E-state index contributed by atoms with van der Waals surface area (Å²) < 4.78 is 32.6. The standard InChI is InChI=1S/C16H19N3O4S2/c1-11-9-19(10-12(2)23-11)25(21,22)14-5-3-13(4-6-14)15(20)18-16-17-7-8-24-16/h3-8,11-12H,9-10H2,1-2H3,(H,17,18,20)/t11-,12-/m0/s1. The Balaban J connectivity index is 1.76. The van der Waals surface area contributed by atoms with Crippen molar-refractivity contribution in [2.75, 3.05) is 18.4 Å². The van der Waals surface area contributed by atoms with Crippen LogP contribution in [0.3, 0.4) is 0 Å². The Morgan fingerprint density at radius 2 is 1.88 bits per heavy atom. The molecule has 2 aromatic rings. The molecule has 0 radical (unpaired) electrons. The number of carbonyl (C=O) groups excluding carboxylic acids is 1. The molecule has 2 atom stereocenters. The number of ether oxygens (including phenoxy) is 1. The van der Waals surface area contributed by atoms with Gasteiger partial charge in [0.15, 0.2) is 5.13 Å². The number of carbonyl (C=O) groups is 1. The van der Waals surface area contributed by atoms with E-state index in [-0.39, 0.29) is 23.0 Å². The predicted octanol–water partition coefficient (Wildman–Crippen LogP) is 2.19. The topological polar surface area (TPSA) is 88.6 Å². The second kappa shape index (κ2) is 7.20. The molecule has 1 aliphatic rings. The molecule has 134 valence electrons. The first-order valence-corrected chi connectivity index (χ1v) is 10.1. The molecule has 1 fully saturated rings. The second-order valence-corrected chi connectivity index (χ2v) is 8.73. The van der Waals surface area contributed by atoms with Gasteiger partial charge in [-0.3, -0.25) is 10.1 Å². The minimum absolute atomic E-state index is 0.151. The summed E-state index contributed by atoms with van der Waals surface area (Å²) in [6, 6.07) is 5.92. The average Bonchev–Trinajstić information content (AvgIpc) is 3.07. The highest BCUT2D eigenvalue weighted by Crippen LogP contribution is 2.22. The van der Waals surface area contributed by atoms with Crippen molar-refractivity contribution in [3.05, 3.63) is 41.4 Å². The van der Waals surface area contributed by atoms with Gasteiger partial charge in [-0.25, -0.2) is 13.4 Å². The lowest BCUT2D eigenvalue weighted by Crippen LogP contribution is -2.48. The van der Waals surface area contributed by atoms with Gasteiger partial charge in [-0.05, 0) is 38.1 Å². The van der Waals surface area contributed by atoms with Crippen LogP contribution in [0.15, 0.2) is 40.7 Å². The van der Waals surface area contributed by atoms with Crippen LogP contribution >= 0.6 is 11.3 Å². The number of anilines is 1. The molecular weight excluding hydrogens is 362 g/mol. The molecule has 1 aromatic heterocycles. The number of hydrogen-bond acceptors (Lipinski definition) is 6.